The number of H-pyrrole nitrogens is 1. The quantitative estimate of drug-likeness (QED) is 0.557. The largest absolute Gasteiger partial charge is 0.406 e. The van der Waals surface area contributed by atoms with Gasteiger partial charge < -0.3 is 9.88 Å². The summed E-state index contributed by atoms with van der Waals surface area (Å²) < 4.78 is 65.9. The highest BCUT2D eigenvalue weighted by atomic mass is 32.2. The molecule has 12 heteroatoms. The molecule has 2 N–H and O–H groups in total. The van der Waals surface area contributed by atoms with Crippen LogP contribution >= 0.6 is 0 Å². The topological polar surface area (TPSA) is 95.9 Å². The van der Waals surface area contributed by atoms with Crippen LogP contribution in [0.5, 0.6) is 0 Å². The lowest BCUT2D eigenvalue weighted by atomic mass is 10.1. The molecular weight excluding hydrogens is 421 g/mol. The first-order valence-corrected chi connectivity index (χ1v) is 11.1. The Kier molecular flexibility index (Phi) is 6.09. The Hall–Kier alpha value is -2.60. The highest BCUT2D eigenvalue weighted by Crippen LogP contribution is 2.24. The standard InChI is InChI=1S/C18H23F3N6O2S/c1-12(25-30(3,28)29)16-23-24-17(26(2)11-18(19,20)21)27(16)9-8-13-10-22-15-7-5-4-6-14(13)15/h4-7,10,12,22,25H,8-9,11H2,1-3H3. The normalized spacial score (nSPS) is 13.7. The molecule has 1 unspecified atom stereocenters. The molecule has 3 aromatic rings. The van der Waals surface area contributed by atoms with Crippen LogP contribution in [-0.4, -0.2) is 54.2 Å². The molecular formula is C18H23F3N6O2S. The molecule has 164 valence electrons. The minimum absolute atomic E-state index is 0.0179. The first kappa shape index (κ1) is 22.1. The Balaban J connectivity index is 1.92. The van der Waals surface area contributed by atoms with Gasteiger partial charge in [0.1, 0.15) is 6.54 Å². The van der Waals surface area contributed by atoms with Crippen LogP contribution in [-0.2, 0) is 23.0 Å². The second-order valence-corrected chi connectivity index (χ2v) is 8.98. The van der Waals surface area contributed by atoms with Crippen LogP contribution in [0.25, 0.3) is 10.9 Å². The molecule has 3 rings (SSSR count). The number of fused-ring (bicyclic) bond motifs is 1. The lowest BCUT2D eigenvalue weighted by Gasteiger charge is -2.22. The van der Waals surface area contributed by atoms with Gasteiger partial charge in [-0.1, -0.05) is 18.2 Å². The number of halogens is 3. The molecule has 0 spiro atoms. The van der Waals surface area contributed by atoms with E-state index in [1.165, 1.54) is 11.6 Å². The van der Waals surface area contributed by atoms with Crippen LogP contribution in [0.2, 0.25) is 0 Å². The molecule has 1 aromatic carbocycles. The third kappa shape index (κ3) is 5.30. The monoisotopic (exact) mass is 444 g/mol. The van der Waals surface area contributed by atoms with Crippen LogP contribution in [0.1, 0.15) is 24.4 Å². The van der Waals surface area contributed by atoms with Gasteiger partial charge in [0.05, 0.1) is 12.3 Å². The first-order chi connectivity index (χ1) is 13.9. The number of hydrogen-bond donors (Lipinski definition) is 2. The molecule has 1 atom stereocenters. The fourth-order valence-corrected chi connectivity index (χ4v) is 4.16. The third-order valence-electron chi connectivity index (χ3n) is 4.58. The van der Waals surface area contributed by atoms with Crippen molar-refractivity contribution in [3.63, 3.8) is 0 Å². The predicted octanol–water partition coefficient (Wildman–Crippen LogP) is 2.61. The van der Waals surface area contributed by atoms with Gasteiger partial charge in [-0.05, 0) is 25.0 Å². The van der Waals surface area contributed by atoms with Crippen LogP contribution in [0.3, 0.4) is 0 Å². The molecule has 0 radical (unpaired) electrons. The number of sulfonamides is 1. The van der Waals surface area contributed by atoms with E-state index in [4.69, 9.17) is 0 Å². The summed E-state index contributed by atoms with van der Waals surface area (Å²) in [4.78, 5) is 4.12. The molecule has 0 amide bonds. The fraction of sp³-hybridized carbons (Fsp3) is 0.444. The number of nitrogens with one attached hydrogen (secondary N) is 2. The molecule has 0 aliphatic carbocycles. The van der Waals surface area contributed by atoms with E-state index in [0.717, 1.165) is 27.6 Å². The van der Waals surface area contributed by atoms with Gasteiger partial charge in [0, 0.05) is 30.7 Å². The lowest BCUT2D eigenvalue weighted by Crippen LogP contribution is -2.33. The smallest absolute Gasteiger partial charge is 0.361 e. The summed E-state index contributed by atoms with van der Waals surface area (Å²) in [5.74, 6) is 0.258. The number of rotatable bonds is 8. The van der Waals surface area contributed by atoms with Gasteiger partial charge in [0.2, 0.25) is 16.0 Å². The number of nitrogens with zero attached hydrogens (tertiary/aromatic N) is 4. The van der Waals surface area contributed by atoms with Crippen LogP contribution < -0.4 is 9.62 Å². The van der Waals surface area contributed by atoms with Gasteiger partial charge in [-0.15, -0.1) is 10.2 Å². The Morgan fingerprint density at radius 1 is 1.27 bits per heavy atom. The van der Waals surface area contributed by atoms with Gasteiger partial charge in [-0.2, -0.15) is 13.2 Å². The van der Waals surface area contributed by atoms with Crippen molar-refractivity contribution >= 4 is 26.9 Å². The van der Waals surface area contributed by atoms with Gasteiger partial charge in [0.25, 0.3) is 0 Å². The van der Waals surface area contributed by atoms with E-state index in [2.05, 4.69) is 19.9 Å². The second-order valence-electron chi connectivity index (χ2n) is 7.20. The molecule has 2 heterocycles. The Morgan fingerprint density at radius 3 is 2.63 bits per heavy atom. The molecule has 0 saturated heterocycles. The zero-order valence-corrected chi connectivity index (χ0v) is 17.5. The Labute approximate surface area is 172 Å². The second kappa shape index (κ2) is 8.26. The van der Waals surface area contributed by atoms with Crippen molar-refractivity contribution in [2.45, 2.75) is 32.1 Å². The zero-order chi connectivity index (χ0) is 22.1. The number of hydrogen-bond acceptors (Lipinski definition) is 5. The fourth-order valence-electron chi connectivity index (χ4n) is 3.41. The molecule has 30 heavy (non-hydrogen) atoms. The van der Waals surface area contributed by atoms with Gasteiger partial charge in [-0.3, -0.25) is 4.57 Å². The van der Waals surface area contributed by atoms with Gasteiger partial charge >= 0.3 is 6.18 Å². The highest BCUT2D eigenvalue weighted by molar-refractivity contribution is 7.88. The molecule has 0 aliphatic heterocycles. The maximum Gasteiger partial charge on any atom is 0.406 e. The van der Waals surface area contributed by atoms with E-state index >= 15 is 0 Å². The summed E-state index contributed by atoms with van der Waals surface area (Å²) in [5.41, 5.74) is 1.94. The summed E-state index contributed by atoms with van der Waals surface area (Å²) in [7, 11) is -2.27. The molecule has 0 aliphatic rings. The van der Waals surface area contributed by atoms with E-state index in [-0.39, 0.29) is 18.3 Å². The Morgan fingerprint density at radius 2 is 1.97 bits per heavy atom. The molecule has 0 saturated carbocycles. The lowest BCUT2D eigenvalue weighted by molar-refractivity contribution is -0.119. The van der Waals surface area contributed by atoms with Crippen molar-refractivity contribution < 1.29 is 21.6 Å². The van der Waals surface area contributed by atoms with E-state index in [9.17, 15) is 21.6 Å². The summed E-state index contributed by atoms with van der Waals surface area (Å²) in [6.07, 6.45) is -1.06. The van der Waals surface area contributed by atoms with Crippen molar-refractivity contribution in [2.75, 3.05) is 24.7 Å². The maximum absolute atomic E-state index is 12.9. The van der Waals surface area contributed by atoms with E-state index in [1.54, 1.807) is 6.92 Å². The average molecular weight is 444 g/mol. The van der Waals surface area contributed by atoms with Crippen LogP contribution in [0.15, 0.2) is 30.5 Å². The molecule has 8 nitrogen and oxygen atoms in total. The maximum atomic E-state index is 12.9. The van der Waals surface area contributed by atoms with Crippen molar-refractivity contribution in [3.8, 4) is 0 Å². The average Bonchev–Trinajstić information content (AvgIpc) is 3.21. The molecule has 0 bridgehead atoms. The number of benzene rings is 1. The minimum Gasteiger partial charge on any atom is -0.361 e. The van der Waals surface area contributed by atoms with Crippen molar-refractivity contribution in [3.05, 3.63) is 41.9 Å². The highest BCUT2D eigenvalue weighted by Gasteiger charge is 2.32. The minimum atomic E-state index is -4.42. The summed E-state index contributed by atoms with van der Waals surface area (Å²) >= 11 is 0. The van der Waals surface area contributed by atoms with Crippen LogP contribution in [0, 0.1) is 0 Å². The van der Waals surface area contributed by atoms with Crippen molar-refractivity contribution in [1.29, 1.82) is 0 Å². The summed E-state index contributed by atoms with van der Waals surface area (Å²) in [6.45, 7) is 0.643. The Bertz CT molecular complexity index is 1120. The number of aryl methyl sites for hydroxylation is 1. The number of alkyl halides is 3. The van der Waals surface area contributed by atoms with Crippen LogP contribution in [0.4, 0.5) is 19.1 Å². The molecule has 0 fully saturated rings. The first-order valence-electron chi connectivity index (χ1n) is 9.18. The number of anilines is 1. The van der Waals surface area contributed by atoms with Crippen molar-refractivity contribution in [2.24, 2.45) is 0 Å². The molecule has 2 aromatic heterocycles. The number of para-hydroxylation sites is 1. The van der Waals surface area contributed by atoms with Crippen molar-refractivity contribution in [1.82, 2.24) is 24.5 Å². The number of aromatic amines is 1. The van der Waals surface area contributed by atoms with Gasteiger partial charge in [0.15, 0.2) is 5.82 Å². The number of aromatic nitrogens is 4. The summed E-state index contributed by atoms with van der Waals surface area (Å²) in [5, 5.41) is 8.91. The zero-order valence-electron chi connectivity index (χ0n) is 16.7. The summed E-state index contributed by atoms with van der Waals surface area (Å²) in [6, 6.07) is 6.94. The van der Waals surface area contributed by atoms with E-state index in [1.807, 2.05) is 30.5 Å². The van der Waals surface area contributed by atoms with Gasteiger partial charge in [-0.25, -0.2) is 13.1 Å². The SMILES string of the molecule is CC(NS(C)(=O)=O)c1nnc(N(C)CC(F)(F)F)n1CCc1c[nH]c2ccccc12. The predicted molar refractivity (Wildman–Crippen MR) is 108 cm³/mol. The third-order valence-corrected chi connectivity index (χ3v) is 5.36. The van der Waals surface area contributed by atoms with E-state index < -0.39 is 28.8 Å². The van der Waals surface area contributed by atoms with E-state index in [0.29, 0.717) is 6.42 Å².